The van der Waals surface area contributed by atoms with Crippen LogP contribution >= 0.6 is 0 Å². The van der Waals surface area contributed by atoms with E-state index in [1.807, 2.05) is 13.8 Å². The molecule has 0 aromatic rings. The van der Waals surface area contributed by atoms with Gasteiger partial charge in [0.05, 0.1) is 25.7 Å². The number of hydrogen-bond acceptors (Lipinski definition) is 5. The van der Waals surface area contributed by atoms with Gasteiger partial charge < -0.3 is 14.8 Å². The molecule has 0 aromatic carbocycles. The van der Waals surface area contributed by atoms with Crippen LogP contribution in [0.25, 0.3) is 0 Å². The molecule has 4 unspecified atom stereocenters. The van der Waals surface area contributed by atoms with Gasteiger partial charge in [0.25, 0.3) is 0 Å². The minimum atomic E-state index is -0.162. The Bertz CT molecular complexity index is 344. The maximum Gasteiger partial charge on any atom is 0.308 e. The molecule has 4 atom stereocenters. The molecule has 1 aliphatic carbocycles. The van der Waals surface area contributed by atoms with Crippen molar-refractivity contribution in [2.24, 2.45) is 11.8 Å². The molecule has 0 radical (unpaired) electrons. The topological polar surface area (TPSA) is 64.6 Å². The number of Topliss-reactive ketones (excluding diaryl/α,β-unsaturated/α-hetero) is 1. The predicted octanol–water partition coefficient (Wildman–Crippen LogP) is 0.912. The summed E-state index contributed by atoms with van der Waals surface area (Å²) in [4.78, 5) is 23.9. The van der Waals surface area contributed by atoms with E-state index in [1.54, 1.807) is 0 Å². The lowest BCUT2D eigenvalue weighted by atomic mass is 9.76. The van der Waals surface area contributed by atoms with Gasteiger partial charge in [-0.15, -0.1) is 0 Å². The van der Waals surface area contributed by atoms with E-state index in [0.29, 0.717) is 39.1 Å². The quantitative estimate of drug-likeness (QED) is 0.772. The fraction of sp³-hybridized carbons (Fsp3) is 0.857. The SMILES string of the molecule is CCOC(=O)C1CCC(=O)C(C2COCC(C)N2)C1. The lowest BCUT2D eigenvalue weighted by Gasteiger charge is -2.37. The molecular formula is C14H23NO4. The molecule has 1 aliphatic heterocycles. The number of carbonyl (C=O) groups is 2. The van der Waals surface area contributed by atoms with Crippen molar-refractivity contribution >= 4 is 11.8 Å². The smallest absolute Gasteiger partial charge is 0.308 e. The lowest BCUT2D eigenvalue weighted by molar-refractivity contribution is -0.151. The van der Waals surface area contributed by atoms with E-state index >= 15 is 0 Å². The van der Waals surface area contributed by atoms with E-state index < -0.39 is 0 Å². The first-order valence-corrected chi connectivity index (χ1v) is 7.15. The third-order valence-electron chi connectivity index (χ3n) is 3.96. The maximum absolute atomic E-state index is 12.1. The molecule has 2 aliphatic rings. The Kier molecular flexibility index (Phi) is 4.93. The molecule has 108 valence electrons. The average Bonchev–Trinajstić information content (AvgIpc) is 2.39. The number of esters is 1. The molecule has 0 aromatic heterocycles. The summed E-state index contributed by atoms with van der Waals surface area (Å²) in [5.74, 6) is -0.173. The Hall–Kier alpha value is -0.940. The zero-order chi connectivity index (χ0) is 13.8. The van der Waals surface area contributed by atoms with Crippen molar-refractivity contribution in [3.8, 4) is 0 Å². The van der Waals surface area contributed by atoms with Gasteiger partial charge in [-0.25, -0.2) is 0 Å². The van der Waals surface area contributed by atoms with Crippen molar-refractivity contribution in [3.63, 3.8) is 0 Å². The second-order valence-electron chi connectivity index (χ2n) is 5.51. The molecule has 1 N–H and O–H groups in total. The highest BCUT2D eigenvalue weighted by Gasteiger charge is 2.39. The van der Waals surface area contributed by atoms with Crippen molar-refractivity contribution in [1.82, 2.24) is 5.32 Å². The van der Waals surface area contributed by atoms with Gasteiger partial charge in [0.2, 0.25) is 0 Å². The molecule has 1 saturated heterocycles. The number of nitrogens with one attached hydrogen (secondary N) is 1. The van der Waals surface area contributed by atoms with E-state index in [-0.39, 0.29) is 35.7 Å². The van der Waals surface area contributed by atoms with Gasteiger partial charge in [0.15, 0.2) is 0 Å². The van der Waals surface area contributed by atoms with Crippen LogP contribution in [-0.2, 0) is 19.1 Å². The van der Waals surface area contributed by atoms with Crippen LogP contribution in [0.1, 0.15) is 33.1 Å². The molecule has 1 saturated carbocycles. The van der Waals surface area contributed by atoms with Gasteiger partial charge >= 0.3 is 5.97 Å². The molecule has 0 spiro atoms. The third-order valence-corrected chi connectivity index (χ3v) is 3.96. The van der Waals surface area contributed by atoms with Gasteiger partial charge in [0.1, 0.15) is 5.78 Å². The second kappa shape index (κ2) is 6.48. The summed E-state index contributed by atoms with van der Waals surface area (Å²) in [6.07, 6.45) is 1.68. The summed E-state index contributed by atoms with van der Waals surface area (Å²) in [6.45, 7) is 5.48. The zero-order valence-electron chi connectivity index (χ0n) is 11.7. The number of hydrogen-bond donors (Lipinski definition) is 1. The van der Waals surface area contributed by atoms with Crippen molar-refractivity contribution < 1.29 is 19.1 Å². The highest BCUT2D eigenvalue weighted by atomic mass is 16.5. The van der Waals surface area contributed by atoms with Crippen LogP contribution in [0.4, 0.5) is 0 Å². The highest BCUT2D eigenvalue weighted by molar-refractivity contribution is 5.85. The van der Waals surface area contributed by atoms with Crippen molar-refractivity contribution in [3.05, 3.63) is 0 Å². The monoisotopic (exact) mass is 269 g/mol. The minimum Gasteiger partial charge on any atom is -0.466 e. The Morgan fingerprint density at radius 3 is 2.95 bits per heavy atom. The molecule has 1 heterocycles. The molecular weight excluding hydrogens is 246 g/mol. The van der Waals surface area contributed by atoms with Gasteiger partial charge in [-0.05, 0) is 26.7 Å². The summed E-state index contributed by atoms with van der Waals surface area (Å²) in [7, 11) is 0. The number of rotatable bonds is 3. The average molecular weight is 269 g/mol. The summed E-state index contributed by atoms with van der Waals surface area (Å²) in [6, 6.07) is 0.294. The lowest BCUT2D eigenvalue weighted by Crippen LogP contribution is -2.54. The largest absolute Gasteiger partial charge is 0.466 e. The van der Waals surface area contributed by atoms with Crippen LogP contribution in [0.3, 0.4) is 0 Å². The number of morpholine rings is 1. The van der Waals surface area contributed by atoms with E-state index in [4.69, 9.17) is 9.47 Å². The first kappa shape index (κ1) is 14.5. The molecule has 0 amide bonds. The van der Waals surface area contributed by atoms with Crippen LogP contribution in [0.15, 0.2) is 0 Å². The number of ether oxygens (including phenoxy) is 2. The van der Waals surface area contributed by atoms with Gasteiger partial charge in [-0.3, -0.25) is 9.59 Å². The molecule has 2 rings (SSSR count). The molecule has 5 heteroatoms. The van der Waals surface area contributed by atoms with Crippen molar-refractivity contribution in [1.29, 1.82) is 0 Å². The second-order valence-corrected chi connectivity index (χ2v) is 5.51. The third kappa shape index (κ3) is 3.54. The summed E-state index contributed by atoms with van der Waals surface area (Å²) in [5.41, 5.74) is 0. The Morgan fingerprint density at radius 2 is 2.26 bits per heavy atom. The van der Waals surface area contributed by atoms with Gasteiger partial charge in [-0.2, -0.15) is 0 Å². The van der Waals surface area contributed by atoms with Crippen LogP contribution in [0.2, 0.25) is 0 Å². The van der Waals surface area contributed by atoms with Crippen LogP contribution in [0, 0.1) is 11.8 Å². The molecule has 19 heavy (non-hydrogen) atoms. The highest BCUT2D eigenvalue weighted by Crippen LogP contribution is 2.30. The molecule has 0 bridgehead atoms. The van der Waals surface area contributed by atoms with Crippen molar-refractivity contribution in [2.75, 3.05) is 19.8 Å². The number of ketones is 1. The molecule has 5 nitrogen and oxygen atoms in total. The summed E-state index contributed by atoms with van der Waals surface area (Å²) >= 11 is 0. The van der Waals surface area contributed by atoms with Crippen LogP contribution in [0.5, 0.6) is 0 Å². The van der Waals surface area contributed by atoms with Crippen LogP contribution < -0.4 is 5.32 Å². The Balaban J connectivity index is 1.98. The van der Waals surface area contributed by atoms with E-state index in [1.165, 1.54) is 0 Å². The zero-order valence-corrected chi connectivity index (χ0v) is 11.7. The first-order chi connectivity index (χ1) is 9.11. The number of carbonyl (C=O) groups excluding carboxylic acids is 2. The van der Waals surface area contributed by atoms with E-state index in [0.717, 1.165) is 0 Å². The summed E-state index contributed by atoms with van der Waals surface area (Å²) in [5, 5.41) is 3.41. The Labute approximate surface area is 114 Å². The molecule has 2 fully saturated rings. The van der Waals surface area contributed by atoms with Crippen LogP contribution in [-0.4, -0.2) is 43.7 Å². The Morgan fingerprint density at radius 1 is 1.47 bits per heavy atom. The fourth-order valence-corrected chi connectivity index (χ4v) is 2.99. The van der Waals surface area contributed by atoms with Gasteiger partial charge in [-0.1, -0.05) is 0 Å². The predicted molar refractivity (Wildman–Crippen MR) is 69.7 cm³/mol. The summed E-state index contributed by atoms with van der Waals surface area (Å²) < 4.78 is 10.6. The fourth-order valence-electron chi connectivity index (χ4n) is 2.99. The minimum absolute atomic E-state index is 0.0356. The first-order valence-electron chi connectivity index (χ1n) is 7.15. The van der Waals surface area contributed by atoms with Gasteiger partial charge in [0, 0.05) is 24.4 Å². The maximum atomic E-state index is 12.1. The van der Waals surface area contributed by atoms with E-state index in [2.05, 4.69) is 5.32 Å². The van der Waals surface area contributed by atoms with Crippen molar-refractivity contribution in [2.45, 2.75) is 45.2 Å². The van der Waals surface area contributed by atoms with E-state index in [9.17, 15) is 9.59 Å². The standard InChI is InChI=1S/C14H23NO4/c1-3-19-14(17)10-4-5-13(16)11(6-10)12-8-18-7-9(2)15-12/h9-12,15H,3-8H2,1-2H3. The normalized spacial score (nSPS) is 36.0.